The van der Waals surface area contributed by atoms with Crippen LogP contribution in [-0.4, -0.2) is 37.2 Å². The fraction of sp³-hybridized carbons (Fsp3) is 0.273. The van der Waals surface area contributed by atoms with Crippen molar-refractivity contribution in [1.29, 1.82) is 0 Å². The van der Waals surface area contributed by atoms with Crippen molar-refractivity contribution in [3.05, 3.63) is 76.0 Å². The molecule has 1 heterocycles. The number of halogens is 4. The number of ether oxygens (including phenoxy) is 2. The smallest absolute Gasteiger partial charge is 0.416 e. The van der Waals surface area contributed by atoms with Crippen molar-refractivity contribution in [3.8, 4) is 5.75 Å². The first kappa shape index (κ1) is 23.5. The average Bonchev–Trinajstić information content (AvgIpc) is 2.74. The summed E-state index contributed by atoms with van der Waals surface area (Å²) in [6.45, 7) is 1.37. The van der Waals surface area contributed by atoms with E-state index >= 15 is 0 Å². The molecule has 0 radical (unpaired) electrons. The number of nitrogens with zero attached hydrogens (tertiary/aromatic N) is 1. The van der Waals surface area contributed by atoms with E-state index in [-0.39, 0.29) is 30.2 Å². The number of amides is 2. The number of urea groups is 1. The Labute approximate surface area is 187 Å². The summed E-state index contributed by atoms with van der Waals surface area (Å²) in [4.78, 5) is 26.6. The molecule has 1 unspecified atom stereocenters. The summed E-state index contributed by atoms with van der Waals surface area (Å²) < 4.78 is 49.8. The quantitative estimate of drug-likeness (QED) is 0.609. The maximum absolute atomic E-state index is 13.0. The van der Waals surface area contributed by atoms with E-state index in [1.807, 2.05) is 0 Å². The van der Waals surface area contributed by atoms with Gasteiger partial charge in [0.1, 0.15) is 12.4 Å². The molecule has 1 N–H and O–H groups in total. The van der Waals surface area contributed by atoms with Crippen LogP contribution < -0.4 is 10.1 Å². The molecule has 0 aromatic heterocycles. The maximum atomic E-state index is 13.0. The number of hydrogen-bond acceptors (Lipinski definition) is 4. The van der Waals surface area contributed by atoms with Gasteiger partial charge < -0.3 is 14.8 Å². The Balaban J connectivity index is 2.03. The van der Waals surface area contributed by atoms with Gasteiger partial charge in [0.05, 0.1) is 29.5 Å². The van der Waals surface area contributed by atoms with E-state index < -0.39 is 29.8 Å². The van der Waals surface area contributed by atoms with E-state index in [1.165, 1.54) is 19.2 Å². The summed E-state index contributed by atoms with van der Waals surface area (Å²) >= 11 is 6.29. The molecule has 170 valence electrons. The summed E-state index contributed by atoms with van der Waals surface area (Å²) in [5.74, 6) is -0.767. The van der Waals surface area contributed by atoms with Gasteiger partial charge in [0, 0.05) is 12.1 Å². The van der Waals surface area contributed by atoms with Crippen LogP contribution in [-0.2, 0) is 15.7 Å². The number of nitrogens with one attached hydrogen (secondary N) is 1. The number of alkyl halides is 3. The molecule has 0 bridgehead atoms. The van der Waals surface area contributed by atoms with Crippen LogP contribution in [0.2, 0.25) is 5.02 Å². The number of esters is 1. The van der Waals surface area contributed by atoms with E-state index in [9.17, 15) is 22.8 Å². The Hall–Kier alpha value is -3.20. The topological polar surface area (TPSA) is 67.9 Å². The first-order chi connectivity index (χ1) is 15.1. The molecule has 1 aliphatic heterocycles. The summed E-state index contributed by atoms with van der Waals surface area (Å²) in [5.41, 5.74) is -0.183. The second kappa shape index (κ2) is 9.52. The molecular formula is C22H20ClF3N2O4. The van der Waals surface area contributed by atoms with Crippen molar-refractivity contribution in [2.24, 2.45) is 0 Å². The van der Waals surface area contributed by atoms with E-state index in [4.69, 9.17) is 21.1 Å². The van der Waals surface area contributed by atoms with Crippen LogP contribution in [0, 0.1) is 0 Å². The van der Waals surface area contributed by atoms with Crippen LogP contribution in [0.25, 0.3) is 0 Å². The van der Waals surface area contributed by atoms with Gasteiger partial charge in [-0.05, 0) is 36.8 Å². The highest BCUT2D eigenvalue weighted by molar-refractivity contribution is 6.31. The molecule has 2 aromatic rings. The SMILES string of the molecule is CCOC(=O)C1=C(COc2cccc(C(F)(F)F)c2)N(C)C(=O)NC1c1ccccc1Cl. The fourth-order valence-electron chi connectivity index (χ4n) is 3.24. The van der Waals surface area contributed by atoms with Crippen molar-refractivity contribution >= 4 is 23.6 Å². The van der Waals surface area contributed by atoms with Gasteiger partial charge in [0.25, 0.3) is 0 Å². The van der Waals surface area contributed by atoms with Crippen LogP contribution in [0.1, 0.15) is 24.1 Å². The van der Waals surface area contributed by atoms with Crippen LogP contribution in [0.15, 0.2) is 59.8 Å². The highest BCUT2D eigenvalue weighted by atomic mass is 35.5. The highest BCUT2D eigenvalue weighted by Crippen LogP contribution is 2.35. The first-order valence-corrected chi connectivity index (χ1v) is 10.00. The molecule has 10 heteroatoms. The van der Waals surface area contributed by atoms with Crippen molar-refractivity contribution in [3.63, 3.8) is 0 Å². The standard InChI is InChI=1S/C22H20ClF3N2O4/c1-3-31-20(29)18-17(12-32-14-8-6-7-13(11-14)22(24,25)26)28(2)21(30)27-19(18)15-9-4-5-10-16(15)23/h4-11,19H,3,12H2,1-2H3,(H,27,30). The number of hydrogen-bond donors (Lipinski definition) is 1. The van der Waals surface area contributed by atoms with Gasteiger partial charge in [0.15, 0.2) is 0 Å². The fourth-order valence-corrected chi connectivity index (χ4v) is 3.48. The number of likely N-dealkylation sites (N-methyl/N-ethyl adjacent to an activating group) is 1. The van der Waals surface area contributed by atoms with Gasteiger partial charge in [-0.25, -0.2) is 9.59 Å². The number of carbonyl (C=O) groups is 2. The normalized spacial score (nSPS) is 16.6. The molecule has 2 aromatic carbocycles. The molecule has 0 fully saturated rings. The average molecular weight is 469 g/mol. The van der Waals surface area contributed by atoms with E-state index in [2.05, 4.69) is 5.32 Å². The molecule has 32 heavy (non-hydrogen) atoms. The second-order valence-electron chi connectivity index (χ2n) is 6.86. The summed E-state index contributed by atoms with van der Waals surface area (Å²) in [6, 6.07) is 9.55. The van der Waals surface area contributed by atoms with Crippen molar-refractivity contribution < 1.29 is 32.2 Å². The van der Waals surface area contributed by atoms with E-state index in [0.717, 1.165) is 17.0 Å². The lowest BCUT2D eigenvalue weighted by Crippen LogP contribution is -2.48. The van der Waals surface area contributed by atoms with Crippen LogP contribution in [0.5, 0.6) is 5.75 Å². The highest BCUT2D eigenvalue weighted by Gasteiger charge is 2.38. The predicted octanol–water partition coefficient (Wildman–Crippen LogP) is 4.95. The van der Waals surface area contributed by atoms with Gasteiger partial charge >= 0.3 is 18.2 Å². The van der Waals surface area contributed by atoms with Gasteiger partial charge in [-0.2, -0.15) is 13.2 Å². The van der Waals surface area contributed by atoms with Crippen molar-refractivity contribution in [2.45, 2.75) is 19.1 Å². The maximum Gasteiger partial charge on any atom is 0.416 e. The molecule has 1 atom stereocenters. The molecule has 0 saturated heterocycles. The molecule has 0 saturated carbocycles. The molecule has 1 aliphatic rings. The lowest BCUT2D eigenvalue weighted by molar-refractivity contribution is -0.139. The third kappa shape index (κ3) is 4.99. The van der Waals surface area contributed by atoms with Gasteiger partial charge in [-0.3, -0.25) is 4.90 Å². The monoisotopic (exact) mass is 468 g/mol. The molecule has 0 aliphatic carbocycles. The molecule has 0 spiro atoms. The van der Waals surface area contributed by atoms with Crippen molar-refractivity contribution in [2.75, 3.05) is 20.3 Å². The second-order valence-corrected chi connectivity index (χ2v) is 7.27. The number of benzene rings is 2. The Morgan fingerprint density at radius 2 is 1.91 bits per heavy atom. The Morgan fingerprint density at radius 1 is 1.19 bits per heavy atom. The molecule has 3 rings (SSSR count). The zero-order valence-electron chi connectivity index (χ0n) is 17.2. The Morgan fingerprint density at radius 3 is 2.56 bits per heavy atom. The van der Waals surface area contributed by atoms with Gasteiger partial charge in [-0.15, -0.1) is 0 Å². The Kier molecular flexibility index (Phi) is 6.98. The van der Waals surface area contributed by atoms with Crippen molar-refractivity contribution in [1.82, 2.24) is 10.2 Å². The Bertz CT molecular complexity index is 1060. The van der Waals surface area contributed by atoms with Crippen LogP contribution in [0.4, 0.5) is 18.0 Å². The minimum absolute atomic E-state index is 0.0655. The lowest BCUT2D eigenvalue weighted by Gasteiger charge is -2.34. The van der Waals surface area contributed by atoms with E-state index in [0.29, 0.717) is 10.6 Å². The third-order valence-corrected chi connectivity index (χ3v) is 5.17. The molecule has 2 amide bonds. The predicted molar refractivity (Wildman–Crippen MR) is 111 cm³/mol. The third-order valence-electron chi connectivity index (χ3n) is 4.83. The largest absolute Gasteiger partial charge is 0.487 e. The van der Waals surface area contributed by atoms with Crippen LogP contribution >= 0.6 is 11.6 Å². The number of carbonyl (C=O) groups excluding carboxylic acids is 2. The zero-order chi connectivity index (χ0) is 23.5. The summed E-state index contributed by atoms with van der Waals surface area (Å²) in [5, 5.41) is 3.03. The summed E-state index contributed by atoms with van der Waals surface area (Å²) in [7, 11) is 1.42. The first-order valence-electron chi connectivity index (χ1n) is 9.62. The van der Waals surface area contributed by atoms with Crippen LogP contribution in [0.3, 0.4) is 0 Å². The molecule has 6 nitrogen and oxygen atoms in total. The summed E-state index contributed by atoms with van der Waals surface area (Å²) in [6.07, 6.45) is -4.54. The molecular weight excluding hydrogens is 449 g/mol. The van der Waals surface area contributed by atoms with E-state index in [1.54, 1.807) is 31.2 Å². The number of rotatable bonds is 6. The minimum atomic E-state index is -4.54. The lowest BCUT2D eigenvalue weighted by atomic mass is 9.94. The van der Waals surface area contributed by atoms with Gasteiger partial charge in [0.2, 0.25) is 0 Å². The minimum Gasteiger partial charge on any atom is -0.487 e. The zero-order valence-corrected chi connectivity index (χ0v) is 18.0. The van der Waals surface area contributed by atoms with Gasteiger partial charge in [-0.1, -0.05) is 35.9 Å².